The molecule has 0 aliphatic rings. The van der Waals surface area contributed by atoms with Gasteiger partial charge >= 0.3 is 0 Å². The summed E-state index contributed by atoms with van der Waals surface area (Å²) in [5.41, 5.74) is 4.50. The van der Waals surface area contributed by atoms with Gasteiger partial charge in [-0.25, -0.2) is 4.98 Å². The third kappa shape index (κ3) is 2.63. The molecule has 5 heteroatoms. The molecular weight excluding hydrogens is 264 g/mol. The number of nitrogens with zero attached hydrogens (tertiary/aromatic N) is 2. The zero-order valence-electron chi connectivity index (χ0n) is 12.0. The van der Waals surface area contributed by atoms with E-state index < -0.39 is 0 Å². The van der Waals surface area contributed by atoms with E-state index in [9.17, 15) is 4.79 Å². The highest BCUT2D eigenvalue weighted by Gasteiger charge is 2.10. The number of hydrogen-bond donors (Lipinski definition) is 2. The molecule has 0 saturated carbocycles. The topological polar surface area (TPSA) is 70.7 Å². The number of rotatable bonds is 3. The highest BCUT2D eigenvalue weighted by Crippen LogP contribution is 2.19. The SMILES string of the molecule is CNC(=O)c1cc(C)cc(Cc2cccc3[nH]ncc23)n1. The predicted octanol–water partition coefficient (Wildman–Crippen LogP) is 2.22. The van der Waals surface area contributed by atoms with Crippen molar-refractivity contribution in [3.63, 3.8) is 0 Å². The van der Waals surface area contributed by atoms with Gasteiger partial charge in [0.25, 0.3) is 5.91 Å². The number of aryl methyl sites for hydroxylation is 1. The lowest BCUT2D eigenvalue weighted by Gasteiger charge is -2.07. The van der Waals surface area contributed by atoms with Crippen LogP contribution in [-0.4, -0.2) is 28.1 Å². The van der Waals surface area contributed by atoms with E-state index in [1.54, 1.807) is 13.1 Å². The fourth-order valence-corrected chi connectivity index (χ4v) is 2.45. The Balaban J connectivity index is 2.00. The molecule has 2 aromatic heterocycles. The monoisotopic (exact) mass is 280 g/mol. The molecule has 1 aromatic carbocycles. The van der Waals surface area contributed by atoms with Gasteiger partial charge in [-0.05, 0) is 36.2 Å². The second kappa shape index (κ2) is 5.36. The highest BCUT2D eigenvalue weighted by molar-refractivity contribution is 5.92. The zero-order chi connectivity index (χ0) is 14.8. The van der Waals surface area contributed by atoms with Crippen LogP contribution in [0.3, 0.4) is 0 Å². The molecule has 0 fully saturated rings. The van der Waals surface area contributed by atoms with E-state index in [4.69, 9.17) is 0 Å². The summed E-state index contributed by atoms with van der Waals surface area (Å²) in [6, 6.07) is 9.84. The smallest absolute Gasteiger partial charge is 0.269 e. The second-order valence-electron chi connectivity index (χ2n) is 5.03. The van der Waals surface area contributed by atoms with Crippen molar-refractivity contribution in [1.29, 1.82) is 0 Å². The minimum absolute atomic E-state index is 0.165. The number of fused-ring (bicyclic) bond motifs is 1. The molecule has 0 radical (unpaired) electrons. The van der Waals surface area contributed by atoms with Crippen molar-refractivity contribution in [3.8, 4) is 0 Å². The quantitative estimate of drug-likeness (QED) is 0.772. The molecular formula is C16H16N4O. The molecule has 2 N–H and O–H groups in total. The van der Waals surface area contributed by atoms with Crippen LogP contribution in [0, 0.1) is 6.92 Å². The summed E-state index contributed by atoms with van der Waals surface area (Å²) in [4.78, 5) is 16.2. The normalized spacial score (nSPS) is 10.8. The Morgan fingerprint density at radius 3 is 3.00 bits per heavy atom. The van der Waals surface area contributed by atoms with Crippen LogP contribution in [0.4, 0.5) is 0 Å². The molecule has 2 heterocycles. The highest BCUT2D eigenvalue weighted by atomic mass is 16.1. The van der Waals surface area contributed by atoms with E-state index in [0.29, 0.717) is 12.1 Å². The fraction of sp³-hybridized carbons (Fsp3) is 0.188. The number of carbonyl (C=O) groups excluding carboxylic acids is 1. The Morgan fingerprint density at radius 2 is 2.19 bits per heavy atom. The molecule has 5 nitrogen and oxygen atoms in total. The number of aromatic amines is 1. The third-order valence-electron chi connectivity index (χ3n) is 3.43. The van der Waals surface area contributed by atoms with Crippen LogP contribution in [0.25, 0.3) is 10.9 Å². The van der Waals surface area contributed by atoms with Gasteiger partial charge in [0.2, 0.25) is 0 Å². The van der Waals surface area contributed by atoms with Gasteiger partial charge < -0.3 is 5.32 Å². The van der Waals surface area contributed by atoms with E-state index in [-0.39, 0.29) is 5.91 Å². The molecule has 1 amide bonds. The predicted molar refractivity (Wildman–Crippen MR) is 81.3 cm³/mol. The summed E-state index contributed by atoms with van der Waals surface area (Å²) >= 11 is 0. The number of hydrogen-bond acceptors (Lipinski definition) is 3. The fourth-order valence-electron chi connectivity index (χ4n) is 2.45. The van der Waals surface area contributed by atoms with E-state index >= 15 is 0 Å². The van der Waals surface area contributed by atoms with Crippen molar-refractivity contribution in [2.75, 3.05) is 7.05 Å². The van der Waals surface area contributed by atoms with Crippen LogP contribution >= 0.6 is 0 Å². The summed E-state index contributed by atoms with van der Waals surface area (Å²) in [5.74, 6) is -0.165. The van der Waals surface area contributed by atoms with Crippen LogP contribution in [0.1, 0.15) is 27.3 Å². The standard InChI is InChI=1S/C16H16N4O/c1-10-6-12(19-15(7-10)16(21)17-2)8-11-4-3-5-14-13(11)9-18-20-14/h3-7,9H,8H2,1-2H3,(H,17,21)(H,18,20). The average Bonchev–Trinajstić information content (AvgIpc) is 2.95. The number of nitrogens with one attached hydrogen (secondary N) is 2. The third-order valence-corrected chi connectivity index (χ3v) is 3.43. The van der Waals surface area contributed by atoms with Gasteiger partial charge in [-0.1, -0.05) is 12.1 Å². The lowest BCUT2D eigenvalue weighted by Crippen LogP contribution is -2.20. The minimum Gasteiger partial charge on any atom is -0.354 e. The Labute approximate surface area is 122 Å². The average molecular weight is 280 g/mol. The molecule has 3 rings (SSSR count). The lowest BCUT2D eigenvalue weighted by molar-refractivity contribution is 0.0958. The van der Waals surface area contributed by atoms with Gasteiger partial charge in [-0.15, -0.1) is 0 Å². The van der Waals surface area contributed by atoms with E-state index in [1.165, 1.54) is 0 Å². The maximum Gasteiger partial charge on any atom is 0.269 e. The molecule has 0 unspecified atom stereocenters. The van der Waals surface area contributed by atoms with E-state index in [2.05, 4.69) is 26.6 Å². The van der Waals surface area contributed by atoms with Crippen molar-refractivity contribution in [2.45, 2.75) is 13.3 Å². The number of carbonyl (C=O) groups is 1. The molecule has 21 heavy (non-hydrogen) atoms. The van der Waals surface area contributed by atoms with Crippen molar-refractivity contribution < 1.29 is 4.79 Å². The Morgan fingerprint density at radius 1 is 1.33 bits per heavy atom. The van der Waals surface area contributed by atoms with E-state index in [0.717, 1.165) is 27.7 Å². The summed E-state index contributed by atoms with van der Waals surface area (Å²) in [6.45, 7) is 1.97. The first kappa shape index (κ1) is 13.3. The van der Waals surface area contributed by atoms with Crippen molar-refractivity contribution >= 4 is 16.8 Å². The van der Waals surface area contributed by atoms with E-state index in [1.807, 2.05) is 31.3 Å². The largest absolute Gasteiger partial charge is 0.354 e. The summed E-state index contributed by atoms with van der Waals surface area (Å²) < 4.78 is 0. The number of amides is 1. The number of pyridine rings is 1. The van der Waals surface area contributed by atoms with Crippen LogP contribution in [-0.2, 0) is 6.42 Å². The van der Waals surface area contributed by atoms with Crippen molar-refractivity contribution in [2.24, 2.45) is 0 Å². The first-order valence-corrected chi connectivity index (χ1v) is 6.78. The first-order chi connectivity index (χ1) is 10.2. The number of benzene rings is 1. The zero-order valence-corrected chi connectivity index (χ0v) is 12.0. The van der Waals surface area contributed by atoms with Crippen LogP contribution in [0.15, 0.2) is 36.5 Å². The van der Waals surface area contributed by atoms with Gasteiger partial charge in [0.05, 0.1) is 11.7 Å². The van der Waals surface area contributed by atoms with Crippen LogP contribution in [0.2, 0.25) is 0 Å². The lowest BCUT2D eigenvalue weighted by atomic mass is 10.0. The molecule has 0 bridgehead atoms. The van der Waals surface area contributed by atoms with Gasteiger partial charge in [-0.2, -0.15) is 5.10 Å². The number of H-pyrrole nitrogens is 1. The molecule has 0 aliphatic carbocycles. The molecule has 106 valence electrons. The first-order valence-electron chi connectivity index (χ1n) is 6.78. The van der Waals surface area contributed by atoms with Gasteiger partial charge in [-0.3, -0.25) is 9.89 Å². The maximum absolute atomic E-state index is 11.8. The van der Waals surface area contributed by atoms with Crippen LogP contribution < -0.4 is 5.32 Å². The molecule has 0 atom stereocenters. The summed E-state index contributed by atoms with van der Waals surface area (Å²) in [6.07, 6.45) is 2.49. The molecule has 0 spiro atoms. The van der Waals surface area contributed by atoms with Gasteiger partial charge in [0.15, 0.2) is 0 Å². The molecule has 3 aromatic rings. The summed E-state index contributed by atoms with van der Waals surface area (Å²) in [5, 5.41) is 10.7. The number of aromatic nitrogens is 3. The second-order valence-corrected chi connectivity index (χ2v) is 5.03. The van der Waals surface area contributed by atoms with Gasteiger partial charge in [0.1, 0.15) is 5.69 Å². The Hall–Kier alpha value is -2.69. The van der Waals surface area contributed by atoms with Crippen molar-refractivity contribution in [3.05, 3.63) is 59.0 Å². The Bertz CT molecular complexity index is 807. The maximum atomic E-state index is 11.8. The summed E-state index contributed by atoms with van der Waals surface area (Å²) in [7, 11) is 1.61. The van der Waals surface area contributed by atoms with Gasteiger partial charge in [0, 0.05) is 24.5 Å². The van der Waals surface area contributed by atoms with Crippen molar-refractivity contribution in [1.82, 2.24) is 20.5 Å². The molecule has 0 saturated heterocycles. The Kier molecular flexibility index (Phi) is 3.39. The van der Waals surface area contributed by atoms with Crippen LogP contribution in [0.5, 0.6) is 0 Å². The minimum atomic E-state index is -0.165. The molecule has 0 aliphatic heterocycles.